The summed E-state index contributed by atoms with van der Waals surface area (Å²) in [6, 6.07) is 8.71. The van der Waals surface area contributed by atoms with Crippen LogP contribution in [0.2, 0.25) is 0 Å². The molecule has 32 heavy (non-hydrogen) atoms. The molecule has 0 saturated heterocycles. The van der Waals surface area contributed by atoms with Crippen molar-refractivity contribution in [3.05, 3.63) is 78.5 Å². The van der Waals surface area contributed by atoms with Gasteiger partial charge in [-0.3, -0.25) is 14.6 Å². The van der Waals surface area contributed by atoms with Crippen LogP contribution in [-0.4, -0.2) is 55.9 Å². The summed E-state index contributed by atoms with van der Waals surface area (Å²) in [4.78, 5) is 37.0. The first-order valence-corrected chi connectivity index (χ1v) is 10.2. The zero-order valence-corrected chi connectivity index (χ0v) is 17.3. The van der Waals surface area contributed by atoms with Crippen molar-refractivity contribution in [2.24, 2.45) is 0 Å². The third-order valence-electron chi connectivity index (χ3n) is 4.82. The first kappa shape index (κ1) is 23.1. The lowest BCUT2D eigenvalue weighted by atomic mass is 9.76. The molecule has 0 unspecified atom stereocenters. The Balaban J connectivity index is 1.64. The fraction of sp³-hybridized carbons (Fsp3) is 0.286. The van der Waals surface area contributed by atoms with Gasteiger partial charge in [-0.1, -0.05) is 30.3 Å². The highest BCUT2D eigenvalue weighted by Gasteiger charge is 2.30. The molecule has 2 atom stereocenters. The molecule has 1 aromatic carbocycles. The summed E-state index contributed by atoms with van der Waals surface area (Å²) >= 11 is 0. The van der Waals surface area contributed by atoms with E-state index in [4.69, 9.17) is 4.42 Å². The van der Waals surface area contributed by atoms with Gasteiger partial charge in [-0.05, 0) is 24.8 Å². The van der Waals surface area contributed by atoms with Crippen LogP contribution in [0.4, 0.5) is 0 Å². The van der Waals surface area contributed by atoms with Gasteiger partial charge in [-0.2, -0.15) is 0 Å². The van der Waals surface area contributed by atoms with Crippen LogP contribution in [0.25, 0.3) is 0 Å². The molecule has 0 aliphatic carbocycles. The maximum atomic E-state index is 12.9. The fourth-order valence-electron chi connectivity index (χ4n) is 3.15. The van der Waals surface area contributed by atoms with Crippen molar-refractivity contribution < 1.29 is 24.1 Å². The van der Waals surface area contributed by atoms with E-state index >= 15 is 0 Å². The number of nitrogens with zero attached hydrogens (tertiary/aromatic N) is 3. The molecule has 0 bridgehead atoms. The topological polar surface area (TPSA) is 150 Å². The summed E-state index contributed by atoms with van der Waals surface area (Å²) in [6.45, 7) is 0. The van der Waals surface area contributed by atoms with Gasteiger partial charge in [-0.15, -0.1) is 0 Å². The Bertz CT molecular complexity index is 973. The standard InChI is InChI=1S/C21H24BN5O5/c28-20(27-19(22(30)31)8-4-7-15-5-2-1-3-6-15)17(11-16-12-24-14-32-16)26-21(29)18-13-23-9-10-25-18/h1-3,5-6,9-10,12-14,17,19,30-31H,4,7-8,11H2,(H,26,29)(H,27,28)/t17-,19-/m0/s1. The number of carbonyl (C=O) groups is 2. The van der Waals surface area contributed by atoms with Crippen LogP contribution in [0.5, 0.6) is 0 Å². The average Bonchev–Trinajstić information content (AvgIpc) is 3.32. The highest BCUT2D eigenvalue weighted by Crippen LogP contribution is 2.09. The number of rotatable bonds is 11. The van der Waals surface area contributed by atoms with Crippen LogP contribution in [-0.2, 0) is 17.6 Å². The summed E-state index contributed by atoms with van der Waals surface area (Å²) in [5.74, 6) is -1.70. The summed E-state index contributed by atoms with van der Waals surface area (Å²) in [7, 11) is -1.75. The molecular weight excluding hydrogens is 413 g/mol. The monoisotopic (exact) mass is 437 g/mol. The van der Waals surface area contributed by atoms with Gasteiger partial charge >= 0.3 is 7.12 Å². The van der Waals surface area contributed by atoms with Crippen LogP contribution < -0.4 is 10.6 Å². The Kier molecular flexibility index (Phi) is 8.47. The van der Waals surface area contributed by atoms with Crippen LogP contribution >= 0.6 is 0 Å². The van der Waals surface area contributed by atoms with Gasteiger partial charge in [0.05, 0.1) is 18.3 Å². The van der Waals surface area contributed by atoms with E-state index in [1.54, 1.807) is 0 Å². The van der Waals surface area contributed by atoms with E-state index in [-0.39, 0.29) is 12.1 Å². The first-order valence-electron chi connectivity index (χ1n) is 10.2. The van der Waals surface area contributed by atoms with Crippen LogP contribution in [0.1, 0.15) is 34.7 Å². The third kappa shape index (κ3) is 7.00. The van der Waals surface area contributed by atoms with Gasteiger partial charge in [0.1, 0.15) is 17.5 Å². The first-order chi connectivity index (χ1) is 15.5. The number of benzene rings is 1. The van der Waals surface area contributed by atoms with E-state index < -0.39 is 30.9 Å². The van der Waals surface area contributed by atoms with E-state index in [0.29, 0.717) is 18.6 Å². The van der Waals surface area contributed by atoms with Crippen LogP contribution in [0.15, 0.2) is 65.9 Å². The van der Waals surface area contributed by atoms with Gasteiger partial charge in [0.25, 0.3) is 5.91 Å². The number of aromatic nitrogens is 3. The largest absolute Gasteiger partial charge is 0.475 e. The average molecular weight is 437 g/mol. The van der Waals surface area contributed by atoms with Gasteiger partial charge in [0, 0.05) is 18.8 Å². The number of amides is 2. The Labute approximate surface area is 185 Å². The minimum atomic E-state index is -1.75. The molecule has 3 aromatic rings. The predicted molar refractivity (Wildman–Crippen MR) is 115 cm³/mol. The van der Waals surface area contributed by atoms with Crippen molar-refractivity contribution in [1.29, 1.82) is 0 Å². The van der Waals surface area contributed by atoms with Gasteiger partial charge in [-0.25, -0.2) is 9.97 Å². The lowest BCUT2D eigenvalue weighted by Gasteiger charge is -2.22. The molecule has 0 spiro atoms. The number of carbonyl (C=O) groups excluding carboxylic acids is 2. The van der Waals surface area contributed by atoms with Gasteiger partial charge in [0.15, 0.2) is 6.39 Å². The SMILES string of the molecule is O=C(N[C@@H](Cc1cnco1)C(=O)N[C@@H](CCCc1ccccc1)B(O)O)c1cnccn1. The molecule has 0 aliphatic rings. The number of oxazole rings is 1. The lowest BCUT2D eigenvalue weighted by Crippen LogP contribution is -2.54. The minimum Gasteiger partial charge on any atom is -0.448 e. The maximum Gasteiger partial charge on any atom is 0.475 e. The molecule has 166 valence electrons. The summed E-state index contributed by atoms with van der Waals surface area (Å²) in [5, 5.41) is 24.7. The second kappa shape index (κ2) is 11.7. The highest BCUT2D eigenvalue weighted by atomic mass is 16.4. The molecule has 0 aliphatic heterocycles. The Morgan fingerprint density at radius 1 is 1.06 bits per heavy atom. The van der Waals surface area contributed by atoms with Crippen molar-refractivity contribution in [1.82, 2.24) is 25.6 Å². The Morgan fingerprint density at radius 3 is 2.53 bits per heavy atom. The zero-order chi connectivity index (χ0) is 22.8. The molecule has 3 rings (SSSR count). The van der Waals surface area contributed by atoms with Crippen molar-refractivity contribution >= 4 is 18.9 Å². The third-order valence-corrected chi connectivity index (χ3v) is 4.82. The minimum absolute atomic E-state index is 0.0239. The van der Waals surface area contributed by atoms with Crippen LogP contribution in [0, 0.1) is 0 Å². The van der Waals surface area contributed by atoms with E-state index in [2.05, 4.69) is 25.6 Å². The number of nitrogens with one attached hydrogen (secondary N) is 2. The summed E-state index contributed by atoms with van der Waals surface area (Å²) in [5.41, 5.74) is 1.16. The maximum absolute atomic E-state index is 12.9. The fourth-order valence-corrected chi connectivity index (χ4v) is 3.15. The smallest absolute Gasteiger partial charge is 0.448 e. The second-order valence-electron chi connectivity index (χ2n) is 7.20. The van der Waals surface area contributed by atoms with Gasteiger partial charge in [0.2, 0.25) is 5.91 Å². The highest BCUT2D eigenvalue weighted by molar-refractivity contribution is 6.43. The van der Waals surface area contributed by atoms with Crippen molar-refractivity contribution in [2.45, 2.75) is 37.7 Å². The normalized spacial score (nSPS) is 12.6. The van der Waals surface area contributed by atoms with E-state index in [1.807, 2.05) is 30.3 Å². The Morgan fingerprint density at radius 2 is 1.88 bits per heavy atom. The van der Waals surface area contributed by atoms with E-state index in [0.717, 1.165) is 12.0 Å². The number of hydrogen-bond donors (Lipinski definition) is 4. The van der Waals surface area contributed by atoms with Crippen LogP contribution in [0.3, 0.4) is 0 Å². The van der Waals surface area contributed by atoms with Crippen molar-refractivity contribution in [3.63, 3.8) is 0 Å². The summed E-state index contributed by atoms with van der Waals surface area (Å²) < 4.78 is 5.20. The number of hydrogen-bond acceptors (Lipinski definition) is 8. The molecule has 0 radical (unpaired) electrons. The number of aryl methyl sites for hydroxylation is 1. The van der Waals surface area contributed by atoms with E-state index in [1.165, 1.54) is 31.2 Å². The van der Waals surface area contributed by atoms with Gasteiger partial charge < -0.3 is 25.1 Å². The second-order valence-corrected chi connectivity index (χ2v) is 7.20. The zero-order valence-electron chi connectivity index (χ0n) is 17.3. The quantitative estimate of drug-likeness (QED) is 0.314. The lowest BCUT2D eigenvalue weighted by molar-refractivity contribution is -0.123. The van der Waals surface area contributed by atoms with Crippen molar-refractivity contribution in [2.75, 3.05) is 0 Å². The molecule has 2 amide bonds. The van der Waals surface area contributed by atoms with Crippen molar-refractivity contribution in [3.8, 4) is 0 Å². The molecule has 2 heterocycles. The summed E-state index contributed by atoms with van der Waals surface area (Å²) in [6.07, 6.45) is 8.45. The molecule has 0 saturated carbocycles. The Hall–Kier alpha value is -3.57. The molecule has 4 N–H and O–H groups in total. The molecule has 0 fully saturated rings. The molecular formula is C21H24BN5O5. The molecule has 2 aromatic heterocycles. The predicted octanol–water partition coefficient (Wildman–Crippen LogP) is 0.325. The molecule has 10 nitrogen and oxygen atoms in total. The molecule has 11 heteroatoms. The van der Waals surface area contributed by atoms with E-state index in [9.17, 15) is 19.6 Å².